The molecule has 0 aliphatic carbocycles. The molecule has 0 aromatic heterocycles. The van der Waals surface area contributed by atoms with Crippen LogP contribution in [-0.2, 0) is 13.0 Å². The van der Waals surface area contributed by atoms with E-state index in [0.717, 1.165) is 17.7 Å². The Morgan fingerprint density at radius 3 is 2.45 bits per heavy atom. The van der Waals surface area contributed by atoms with Gasteiger partial charge in [0.15, 0.2) is 0 Å². The molecular formula is C17H20N2O3. The van der Waals surface area contributed by atoms with E-state index >= 15 is 0 Å². The van der Waals surface area contributed by atoms with Crippen LogP contribution in [0.25, 0.3) is 0 Å². The van der Waals surface area contributed by atoms with Crippen molar-refractivity contribution < 1.29 is 9.66 Å². The van der Waals surface area contributed by atoms with Gasteiger partial charge in [0.2, 0.25) is 0 Å². The number of para-hydroxylation sites is 2. The maximum Gasteiger partial charge on any atom is 0.273 e. The average molecular weight is 300 g/mol. The molecule has 116 valence electrons. The second-order valence-electron chi connectivity index (χ2n) is 5.18. The van der Waals surface area contributed by atoms with Crippen LogP contribution in [0.2, 0.25) is 0 Å². The van der Waals surface area contributed by atoms with Gasteiger partial charge < -0.3 is 10.1 Å². The van der Waals surface area contributed by atoms with Crippen molar-refractivity contribution in [1.82, 2.24) is 5.32 Å². The Morgan fingerprint density at radius 1 is 1.14 bits per heavy atom. The maximum atomic E-state index is 11.0. The molecular weight excluding hydrogens is 280 g/mol. The largest absolute Gasteiger partial charge is 0.496 e. The standard InChI is InChI=1S/C17H20N2O3/c1-13(11-14-7-4-6-10-17(14)22-2)18-12-15-8-3-5-9-16(15)19(20)21/h3-10,13,18H,11-12H2,1-2H3. The first kappa shape index (κ1) is 16.0. The number of nitro benzene ring substituents is 1. The highest BCUT2D eigenvalue weighted by Crippen LogP contribution is 2.20. The van der Waals surface area contributed by atoms with Gasteiger partial charge in [-0.3, -0.25) is 10.1 Å². The number of nitrogens with one attached hydrogen (secondary N) is 1. The zero-order valence-electron chi connectivity index (χ0n) is 12.8. The third-order valence-corrected chi connectivity index (χ3v) is 3.55. The minimum Gasteiger partial charge on any atom is -0.496 e. The third-order valence-electron chi connectivity index (χ3n) is 3.55. The van der Waals surface area contributed by atoms with Crippen LogP contribution in [0, 0.1) is 10.1 Å². The Bertz CT molecular complexity index is 643. The van der Waals surface area contributed by atoms with Gasteiger partial charge >= 0.3 is 0 Å². The zero-order chi connectivity index (χ0) is 15.9. The van der Waals surface area contributed by atoms with E-state index < -0.39 is 0 Å². The van der Waals surface area contributed by atoms with Gasteiger partial charge in [-0.15, -0.1) is 0 Å². The highest BCUT2D eigenvalue weighted by atomic mass is 16.6. The molecule has 2 aromatic carbocycles. The minimum atomic E-state index is -0.345. The molecule has 0 aliphatic rings. The molecule has 2 rings (SSSR count). The lowest BCUT2D eigenvalue weighted by molar-refractivity contribution is -0.385. The summed E-state index contributed by atoms with van der Waals surface area (Å²) >= 11 is 0. The zero-order valence-corrected chi connectivity index (χ0v) is 12.8. The van der Waals surface area contributed by atoms with E-state index in [1.54, 1.807) is 19.2 Å². The van der Waals surface area contributed by atoms with E-state index in [2.05, 4.69) is 12.2 Å². The Hall–Kier alpha value is -2.40. The number of hydrogen-bond donors (Lipinski definition) is 1. The highest BCUT2D eigenvalue weighted by Gasteiger charge is 2.13. The summed E-state index contributed by atoms with van der Waals surface area (Å²) in [6, 6.07) is 14.9. The Kier molecular flexibility index (Phi) is 5.49. The van der Waals surface area contributed by atoms with Crippen molar-refractivity contribution >= 4 is 5.69 Å². The first-order valence-electron chi connectivity index (χ1n) is 7.19. The fourth-order valence-electron chi connectivity index (χ4n) is 2.40. The van der Waals surface area contributed by atoms with Crippen molar-refractivity contribution in [1.29, 1.82) is 0 Å². The number of nitrogens with zero attached hydrogens (tertiary/aromatic N) is 1. The number of benzene rings is 2. The summed E-state index contributed by atoms with van der Waals surface area (Å²) in [6.07, 6.45) is 0.796. The minimum absolute atomic E-state index is 0.152. The van der Waals surface area contributed by atoms with Crippen molar-refractivity contribution in [2.24, 2.45) is 0 Å². The van der Waals surface area contributed by atoms with E-state index in [9.17, 15) is 10.1 Å². The number of rotatable bonds is 7. The number of ether oxygens (including phenoxy) is 1. The summed E-state index contributed by atoms with van der Waals surface area (Å²) in [5, 5.41) is 14.3. The fourth-order valence-corrected chi connectivity index (χ4v) is 2.40. The number of hydrogen-bond acceptors (Lipinski definition) is 4. The normalized spacial score (nSPS) is 11.9. The molecule has 0 radical (unpaired) electrons. The molecule has 0 spiro atoms. The smallest absolute Gasteiger partial charge is 0.273 e. The van der Waals surface area contributed by atoms with E-state index in [1.165, 1.54) is 6.07 Å². The summed E-state index contributed by atoms with van der Waals surface area (Å²) < 4.78 is 5.34. The van der Waals surface area contributed by atoms with Crippen LogP contribution in [0.15, 0.2) is 48.5 Å². The van der Waals surface area contributed by atoms with Crippen LogP contribution in [0.3, 0.4) is 0 Å². The van der Waals surface area contributed by atoms with Gasteiger partial charge in [0, 0.05) is 24.2 Å². The topological polar surface area (TPSA) is 64.4 Å². The lowest BCUT2D eigenvalue weighted by atomic mass is 10.1. The van der Waals surface area contributed by atoms with E-state index in [-0.39, 0.29) is 16.7 Å². The molecule has 0 fully saturated rings. The lowest BCUT2D eigenvalue weighted by Crippen LogP contribution is -2.28. The molecule has 22 heavy (non-hydrogen) atoms. The van der Waals surface area contributed by atoms with Crippen LogP contribution in [0.1, 0.15) is 18.1 Å². The van der Waals surface area contributed by atoms with E-state index in [4.69, 9.17) is 4.74 Å². The van der Waals surface area contributed by atoms with Gasteiger partial charge in [-0.2, -0.15) is 0 Å². The van der Waals surface area contributed by atoms with Gasteiger partial charge in [-0.25, -0.2) is 0 Å². The molecule has 0 aliphatic heterocycles. The van der Waals surface area contributed by atoms with E-state index in [0.29, 0.717) is 12.1 Å². The van der Waals surface area contributed by atoms with Crippen LogP contribution < -0.4 is 10.1 Å². The molecule has 1 unspecified atom stereocenters. The Labute approximate surface area is 130 Å². The summed E-state index contributed by atoms with van der Waals surface area (Å²) in [5.74, 6) is 0.863. The van der Waals surface area contributed by atoms with Crippen LogP contribution in [0.5, 0.6) is 5.75 Å². The van der Waals surface area contributed by atoms with Crippen LogP contribution in [-0.4, -0.2) is 18.1 Å². The van der Waals surface area contributed by atoms with Gasteiger partial charge in [-0.05, 0) is 25.0 Å². The second kappa shape index (κ2) is 7.56. The molecule has 2 aromatic rings. The Balaban J connectivity index is 1.99. The van der Waals surface area contributed by atoms with Gasteiger partial charge in [0.1, 0.15) is 5.75 Å². The Morgan fingerprint density at radius 2 is 1.77 bits per heavy atom. The summed E-state index contributed by atoms with van der Waals surface area (Å²) in [6.45, 7) is 2.52. The molecule has 1 N–H and O–H groups in total. The lowest BCUT2D eigenvalue weighted by Gasteiger charge is -2.16. The molecule has 0 saturated carbocycles. The second-order valence-corrected chi connectivity index (χ2v) is 5.18. The van der Waals surface area contributed by atoms with Crippen LogP contribution >= 0.6 is 0 Å². The van der Waals surface area contributed by atoms with Gasteiger partial charge in [0.05, 0.1) is 12.0 Å². The monoisotopic (exact) mass is 300 g/mol. The highest BCUT2D eigenvalue weighted by molar-refractivity contribution is 5.39. The quantitative estimate of drug-likeness (QED) is 0.629. The van der Waals surface area contributed by atoms with Crippen molar-refractivity contribution in [3.8, 4) is 5.75 Å². The number of methoxy groups -OCH3 is 1. The third kappa shape index (κ3) is 4.05. The molecule has 5 heteroatoms. The first-order chi connectivity index (χ1) is 10.6. The van der Waals surface area contributed by atoms with Crippen molar-refractivity contribution in [3.05, 3.63) is 69.8 Å². The van der Waals surface area contributed by atoms with E-state index in [1.807, 2.05) is 30.3 Å². The molecule has 0 saturated heterocycles. The van der Waals surface area contributed by atoms with Gasteiger partial charge in [-0.1, -0.05) is 36.4 Å². The van der Waals surface area contributed by atoms with Gasteiger partial charge in [0.25, 0.3) is 5.69 Å². The molecule has 1 atom stereocenters. The molecule has 0 amide bonds. The predicted octanol–water partition coefficient (Wildman–Crippen LogP) is 3.32. The summed E-state index contributed by atoms with van der Waals surface area (Å²) in [5.41, 5.74) is 1.96. The number of nitro groups is 1. The molecule has 0 bridgehead atoms. The van der Waals surface area contributed by atoms with Crippen LogP contribution in [0.4, 0.5) is 5.69 Å². The van der Waals surface area contributed by atoms with Crippen molar-refractivity contribution in [2.45, 2.75) is 25.9 Å². The molecule has 0 heterocycles. The van der Waals surface area contributed by atoms with Crippen molar-refractivity contribution in [2.75, 3.05) is 7.11 Å². The van der Waals surface area contributed by atoms with Crippen molar-refractivity contribution in [3.63, 3.8) is 0 Å². The summed E-state index contributed by atoms with van der Waals surface area (Å²) in [7, 11) is 1.66. The average Bonchev–Trinajstić information content (AvgIpc) is 2.53. The predicted molar refractivity (Wildman–Crippen MR) is 86.1 cm³/mol. The SMILES string of the molecule is COc1ccccc1CC(C)NCc1ccccc1[N+](=O)[O-]. The summed E-state index contributed by atoms with van der Waals surface area (Å²) in [4.78, 5) is 10.7. The first-order valence-corrected chi connectivity index (χ1v) is 7.19. The maximum absolute atomic E-state index is 11.0. The fraction of sp³-hybridized carbons (Fsp3) is 0.294. The molecule has 5 nitrogen and oxygen atoms in total.